The minimum atomic E-state index is -0.162. The van der Waals surface area contributed by atoms with Gasteiger partial charge in [0, 0.05) is 17.7 Å². The molecule has 0 atom stereocenters. The SMILES string of the molecule is CC(=O)c1ccc(C(=O)NCc2ccc(COCc3ccccc3)cc2)cc1. The molecule has 1 N–H and O–H groups in total. The van der Waals surface area contributed by atoms with Gasteiger partial charge in [0.15, 0.2) is 5.78 Å². The van der Waals surface area contributed by atoms with Gasteiger partial charge in [-0.2, -0.15) is 0 Å². The monoisotopic (exact) mass is 373 g/mol. The molecule has 4 nitrogen and oxygen atoms in total. The maximum atomic E-state index is 12.2. The molecule has 1 amide bonds. The standard InChI is InChI=1S/C24H23NO3/c1-18(26)22-11-13-23(14-12-22)24(27)25-15-19-7-9-21(10-8-19)17-28-16-20-5-3-2-4-6-20/h2-14H,15-17H2,1H3,(H,25,27). The molecule has 0 radical (unpaired) electrons. The van der Waals surface area contributed by atoms with Gasteiger partial charge in [-0.3, -0.25) is 9.59 Å². The molecule has 0 aliphatic heterocycles. The van der Waals surface area contributed by atoms with Crippen LogP contribution >= 0.6 is 0 Å². The molecule has 3 aromatic carbocycles. The van der Waals surface area contributed by atoms with Crippen molar-refractivity contribution < 1.29 is 14.3 Å². The van der Waals surface area contributed by atoms with Crippen molar-refractivity contribution in [2.75, 3.05) is 0 Å². The number of ether oxygens (including phenoxy) is 1. The third kappa shape index (κ3) is 5.63. The van der Waals surface area contributed by atoms with E-state index in [0.717, 1.165) is 16.7 Å². The first kappa shape index (κ1) is 19.5. The molecular formula is C24H23NO3. The predicted molar refractivity (Wildman–Crippen MR) is 109 cm³/mol. The largest absolute Gasteiger partial charge is 0.372 e. The molecule has 3 aromatic rings. The molecule has 0 aliphatic carbocycles. The Labute approximate surface area is 165 Å². The fourth-order valence-electron chi connectivity index (χ4n) is 2.76. The van der Waals surface area contributed by atoms with E-state index < -0.39 is 0 Å². The number of Topliss-reactive ketones (excluding diaryl/α,β-unsaturated/α-hetero) is 1. The maximum Gasteiger partial charge on any atom is 0.251 e. The highest BCUT2D eigenvalue weighted by molar-refractivity contribution is 5.97. The summed E-state index contributed by atoms with van der Waals surface area (Å²) in [4.78, 5) is 23.5. The normalized spacial score (nSPS) is 10.5. The van der Waals surface area contributed by atoms with E-state index in [2.05, 4.69) is 5.32 Å². The number of carbonyl (C=O) groups excluding carboxylic acids is 2. The van der Waals surface area contributed by atoms with Gasteiger partial charge in [0.2, 0.25) is 0 Å². The Kier molecular flexibility index (Phi) is 6.71. The molecule has 0 saturated carbocycles. The zero-order valence-corrected chi connectivity index (χ0v) is 15.9. The van der Waals surface area contributed by atoms with Crippen LogP contribution in [0.1, 0.15) is 44.3 Å². The van der Waals surface area contributed by atoms with Crippen molar-refractivity contribution in [1.82, 2.24) is 5.32 Å². The van der Waals surface area contributed by atoms with Gasteiger partial charge in [-0.1, -0.05) is 66.7 Å². The quantitative estimate of drug-likeness (QED) is 0.590. The zero-order chi connectivity index (χ0) is 19.8. The molecule has 0 aromatic heterocycles. The fourth-order valence-corrected chi connectivity index (χ4v) is 2.76. The first-order chi connectivity index (χ1) is 13.6. The van der Waals surface area contributed by atoms with Gasteiger partial charge in [0.05, 0.1) is 13.2 Å². The Morgan fingerprint density at radius 1 is 0.714 bits per heavy atom. The van der Waals surface area contributed by atoms with Crippen LogP contribution in [0.4, 0.5) is 0 Å². The summed E-state index contributed by atoms with van der Waals surface area (Å²) >= 11 is 0. The van der Waals surface area contributed by atoms with E-state index in [0.29, 0.717) is 30.9 Å². The Hall–Kier alpha value is -3.24. The zero-order valence-electron chi connectivity index (χ0n) is 15.9. The van der Waals surface area contributed by atoms with Crippen molar-refractivity contribution >= 4 is 11.7 Å². The highest BCUT2D eigenvalue weighted by Gasteiger charge is 2.06. The van der Waals surface area contributed by atoms with Crippen LogP contribution in [0.25, 0.3) is 0 Å². The number of rotatable bonds is 8. The van der Waals surface area contributed by atoms with E-state index in [1.54, 1.807) is 24.3 Å². The van der Waals surface area contributed by atoms with Crippen LogP contribution in [0.15, 0.2) is 78.9 Å². The summed E-state index contributed by atoms with van der Waals surface area (Å²) in [5.74, 6) is -0.176. The molecule has 0 heterocycles. The lowest BCUT2D eigenvalue weighted by Crippen LogP contribution is -2.22. The number of ketones is 1. The number of amides is 1. The van der Waals surface area contributed by atoms with Crippen molar-refractivity contribution in [3.8, 4) is 0 Å². The van der Waals surface area contributed by atoms with Gasteiger partial charge in [0.1, 0.15) is 0 Å². The lowest BCUT2D eigenvalue weighted by Gasteiger charge is -2.08. The van der Waals surface area contributed by atoms with Crippen LogP contribution in [-0.2, 0) is 24.5 Å². The summed E-state index contributed by atoms with van der Waals surface area (Å²) < 4.78 is 5.73. The van der Waals surface area contributed by atoms with Crippen molar-refractivity contribution in [1.29, 1.82) is 0 Å². The lowest BCUT2D eigenvalue weighted by atomic mass is 10.1. The lowest BCUT2D eigenvalue weighted by molar-refractivity contribution is 0.0948. The van der Waals surface area contributed by atoms with E-state index in [1.807, 2.05) is 54.6 Å². The molecule has 0 bridgehead atoms. The Balaban J connectivity index is 1.46. The Bertz CT molecular complexity index is 916. The van der Waals surface area contributed by atoms with Gasteiger partial charge in [-0.25, -0.2) is 0 Å². The molecular weight excluding hydrogens is 350 g/mol. The number of carbonyl (C=O) groups is 2. The molecule has 0 fully saturated rings. The Morgan fingerprint density at radius 3 is 1.86 bits per heavy atom. The molecule has 3 rings (SSSR count). The molecule has 4 heteroatoms. The van der Waals surface area contributed by atoms with Crippen LogP contribution < -0.4 is 5.32 Å². The molecule has 142 valence electrons. The summed E-state index contributed by atoms with van der Waals surface area (Å²) in [6, 6.07) is 24.7. The highest BCUT2D eigenvalue weighted by Crippen LogP contribution is 2.09. The summed E-state index contributed by atoms with van der Waals surface area (Å²) in [6.45, 7) is 3.08. The van der Waals surface area contributed by atoms with Gasteiger partial charge in [0.25, 0.3) is 5.91 Å². The smallest absolute Gasteiger partial charge is 0.251 e. The topological polar surface area (TPSA) is 55.4 Å². The number of benzene rings is 3. The van der Waals surface area contributed by atoms with Gasteiger partial charge < -0.3 is 10.1 Å². The predicted octanol–water partition coefficient (Wildman–Crippen LogP) is 4.54. The maximum absolute atomic E-state index is 12.2. The second-order valence-electron chi connectivity index (χ2n) is 6.61. The van der Waals surface area contributed by atoms with Crippen LogP contribution in [0.3, 0.4) is 0 Å². The Morgan fingerprint density at radius 2 is 1.25 bits per heavy atom. The minimum absolute atomic E-state index is 0.0141. The van der Waals surface area contributed by atoms with Crippen molar-refractivity contribution in [2.45, 2.75) is 26.7 Å². The van der Waals surface area contributed by atoms with E-state index >= 15 is 0 Å². The van der Waals surface area contributed by atoms with Gasteiger partial charge in [-0.15, -0.1) is 0 Å². The molecule has 0 aliphatic rings. The summed E-state index contributed by atoms with van der Waals surface area (Å²) in [5.41, 5.74) is 4.39. The van der Waals surface area contributed by atoms with E-state index in [9.17, 15) is 9.59 Å². The van der Waals surface area contributed by atoms with Crippen LogP contribution in [0.2, 0.25) is 0 Å². The summed E-state index contributed by atoms with van der Waals surface area (Å²) in [5, 5.41) is 2.89. The highest BCUT2D eigenvalue weighted by atomic mass is 16.5. The second-order valence-corrected chi connectivity index (χ2v) is 6.61. The van der Waals surface area contributed by atoms with E-state index in [-0.39, 0.29) is 11.7 Å². The summed E-state index contributed by atoms with van der Waals surface area (Å²) in [7, 11) is 0. The average Bonchev–Trinajstić information content (AvgIpc) is 2.74. The average molecular weight is 373 g/mol. The molecule has 28 heavy (non-hydrogen) atoms. The number of nitrogens with one attached hydrogen (secondary N) is 1. The molecule has 0 saturated heterocycles. The van der Waals surface area contributed by atoms with Gasteiger partial charge >= 0.3 is 0 Å². The van der Waals surface area contributed by atoms with Crippen molar-refractivity contribution in [2.24, 2.45) is 0 Å². The van der Waals surface area contributed by atoms with E-state index in [4.69, 9.17) is 4.74 Å². The number of hydrogen-bond donors (Lipinski definition) is 1. The van der Waals surface area contributed by atoms with Gasteiger partial charge in [-0.05, 0) is 35.7 Å². The molecule has 0 spiro atoms. The summed E-state index contributed by atoms with van der Waals surface area (Å²) in [6.07, 6.45) is 0. The fraction of sp³-hybridized carbons (Fsp3) is 0.167. The molecule has 0 unspecified atom stereocenters. The second kappa shape index (κ2) is 9.62. The number of hydrogen-bond acceptors (Lipinski definition) is 3. The van der Waals surface area contributed by atoms with E-state index in [1.165, 1.54) is 6.92 Å². The third-order valence-corrected chi connectivity index (χ3v) is 4.41. The first-order valence-corrected chi connectivity index (χ1v) is 9.20. The third-order valence-electron chi connectivity index (χ3n) is 4.41. The minimum Gasteiger partial charge on any atom is -0.372 e. The van der Waals surface area contributed by atoms with Crippen LogP contribution in [0.5, 0.6) is 0 Å². The first-order valence-electron chi connectivity index (χ1n) is 9.20. The van der Waals surface area contributed by atoms with Crippen LogP contribution in [0, 0.1) is 0 Å². The van der Waals surface area contributed by atoms with Crippen LogP contribution in [-0.4, -0.2) is 11.7 Å². The van der Waals surface area contributed by atoms with Crippen molar-refractivity contribution in [3.05, 3.63) is 107 Å². The van der Waals surface area contributed by atoms with Crippen molar-refractivity contribution in [3.63, 3.8) is 0 Å².